The Morgan fingerprint density at radius 3 is 2.76 bits per heavy atom. The molecule has 1 aromatic carbocycles. The van der Waals surface area contributed by atoms with Crippen LogP contribution in [0.2, 0.25) is 0 Å². The first kappa shape index (κ1) is 23.7. The number of carbonyl (C=O) groups is 1. The van der Waals surface area contributed by atoms with Crippen LogP contribution >= 0.6 is 0 Å². The molecule has 10 heteroatoms. The van der Waals surface area contributed by atoms with Crippen LogP contribution in [-0.2, 0) is 4.79 Å². The summed E-state index contributed by atoms with van der Waals surface area (Å²) in [6, 6.07) is 11.7. The maximum Gasteiger partial charge on any atom is 0.223 e. The Balaban J connectivity index is 1.59. The fourth-order valence-corrected chi connectivity index (χ4v) is 3.97. The molecule has 0 aliphatic carbocycles. The van der Waals surface area contributed by atoms with E-state index in [9.17, 15) is 9.18 Å². The number of H-pyrrole nitrogens is 2. The summed E-state index contributed by atoms with van der Waals surface area (Å²) >= 11 is 0. The van der Waals surface area contributed by atoms with Gasteiger partial charge in [0.1, 0.15) is 16.9 Å². The van der Waals surface area contributed by atoms with E-state index in [-0.39, 0.29) is 11.7 Å². The van der Waals surface area contributed by atoms with E-state index in [1.807, 2.05) is 12.1 Å². The van der Waals surface area contributed by atoms with Crippen LogP contribution < -0.4 is 5.32 Å². The number of fused-ring (bicyclic) bond motifs is 2. The monoisotopic (exact) mass is 494 g/mol. The average Bonchev–Trinajstić information content (AvgIpc) is 3.51. The Kier molecular flexibility index (Phi) is 6.38. The number of benzene rings is 1. The zero-order valence-corrected chi connectivity index (χ0v) is 20.2. The Bertz CT molecular complexity index is 1710. The fourth-order valence-electron chi connectivity index (χ4n) is 3.97. The zero-order valence-electron chi connectivity index (χ0n) is 20.2. The number of aromatic nitrogens is 6. The second-order valence-electron chi connectivity index (χ2n) is 8.31. The molecule has 0 bridgehead atoms. The van der Waals surface area contributed by atoms with E-state index in [4.69, 9.17) is 9.97 Å². The normalized spacial score (nSPS) is 12.3. The van der Waals surface area contributed by atoms with Crippen molar-refractivity contribution in [1.29, 1.82) is 0 Å². The molecule has 0 unspecified atom stereocenters. The van der Waals surface area contributed by atoms with Gasteiger partial charge in [0.2, 0.25) is 5.91 Å². The van der Waals surface area contributed by atoms with Crippen LogP contribution in [-0.4, -0.2) is 42.8 Å². The van der Waals surface area contributed by atoms with Crippen molar-refractivity contribution in [3.63, 3.8) is 0 Å². The minimum absolute atomic E-state index is 0.0859. The zero-order chi connectivity index (χ0) is 25.9. The number of nitrogens with one attached hydrogen (secondary N) is 3. The number of hydrogen-bond donors (Lipinski definition) is 3. The predicted molar refractivity (Wildman–Crippen MR) is 142 cm³/mol. The molecule has 0 aliphatic rings. The van der Waals surface area contributed by atoms with Crippen LogP contribution in [0.15, 0.2) is 71.6 Å². The highest BCUT2D eigenvalue weighted by Crippen LogP contribution is 2.30. The molecular weight excluding hydrogens is 471 g/mol. The topological polar surface area (TPSA) is 125 Å². The van der Waals surface area contributed by atoms with Gasteiger partial charge in [0, 0.05) is 35.7 Å². The van der Waals surface area contributed by atoms with E-state index in [0.717, 1.165) is 5.52 Å². The molecule has 5 rings (SSSR count). The van der Waals surface area contributed by atoms with Gasteiger partial charge in [0.25, 0.3) is 0 Å². The van der Waals surface area contributed by atoms with Crippen LogP contribution in [0.25, 0.3) is 50.4 Å². The number of pyridine rings is 2. The molecule has 0 aliphatic heterocycles. The molecule has 0 saturated carbocycles. The average molecular weight is 495 g/mol. The summed E-state index contributed by atoms with van der Waals surface area (Å²) in [4.78, 5) is 33.0. The lowest BCUT2D eigenvalue weighted by Gasteiger charge is -2.06. The van der Waals surface area contributed by atoms with E-state index in [1.54, 1.807) is 50.5 Å². The number of carbonyl (C=O) groups excluding carboxylic acids is 1. The maximum atomic E-state index is 13.9. The van der Waals surface area contributed by atoms with Crippen LogP contribution in [0.1, 0.15) is 26.0 Å². The fraction of sp³-hybridized carbons (Fsp3) is 0.111. The molecule has 4 heterocycles. The first-order valence-corrected chi connectivity index (χ1v) is 11.6. The van der Waals surface area contributed by atoms with Gasteiger partial charge in [-0.2, -0.15) is 5.10 Å². The van der Waals surface area contributed by atoms with Crippen molar-refractivity contribution < 1.29 is 9.18 Å². The third-order valence-electron chi connectivity index (χ3n) is 5.69. The standard InChI is InChI=1S/C27H23FN8O/c1-4-22(37)31-15(2)12-17(14-29-3)19-8-9-21-25(32-19)26(36-35-21)27-33-20-10-11-30-23(24(20)34-27)16-6-5-7-18(28)13-16/h5-14H,3-4H2,1-2H3,(H,31,37)(H,33,34)(H,35,36)/b15-12+,17-14+. The van der Waals surface area contributed by atoms with Crippen molar-refractivity contribution in [2.75, 3.05) is 0 Å². The Labute approximate surface area is 211 Å². The highest BCUT2D eigenvalue weighted by Gasteiger charge is 2.18. The molecule has 5 aromatic rings. The second kappa shape index (κ2) is 9.94. The number of amides is 1. The summed E-state index contributed by atoms with van der Waals surface area (Å²) in [6.07, 6.45) is 5.39. The number of allylic oxidation sites excluding steroid dienone is 3. The highest BCUT2D eigenvalue weighted by molar-refractivity contribution is 5.95. The predicted octanol–water partition coefficient (Wildman–Crippen LogP) is 5.17. The van der Waals surface area contributed by atoms with Gasteiger partial charge in [-0.25, -0.2) is 14.4 Å². The SMILES string of the molecule is C=N/C=C(\C=C(/C)NC(=O)CC)c1ccc2[nH]nc(-c3nc4c(-c5cccc(F)c5)nccc4[nH]3)c2n1. The Morgan fingerprint density at radius 1 is 1.14 bits per heavy atom. The third kappa shape index (κ3) is 4.76. The number of nitrogens with zero attached hydrogens (tertiary/aromatic N) is 5. The summed E-state index contributed by atoms with van der Waals surface area (Å²) in [6.45, 7) is 7.14. The van der Waals surface area contributed by atoms with E-state index >= 15 is 0 Å². The second-order valence-corrected chi connectivity index (χ2v) is 8.31. The number of aliphatic imine (C=N–C) groups is 1. The van der Waals surface area contributed by atoms with Crippen LogP contribution in [0, 0.1) is 5.82 Å². The lowest BCUT2D eigenvalue weighted by molar-refractivity contribution is -0.120. The first-order valence-electron chi connectivity index (χ1n) is 11.6. The van der Waals surface area contributed by atoms with Crippen molar-refractivity contribution in [3.8, 4) is 22.8 Å². The smallest absolute Gasteiger partial charge is 0.223 e. The van der Waals surface area contributed by atoms with Gasteiger partial charge in [-0.1, -0.05) is 19.1 Å². The minimum atomic E-state index is -0.349. The molecule has 4 aromatic heterocycles. The van der Waals surface area contributed by atoms with Crippen molar-refractivity contribution >= 4 is 40.3 Å². The van der Waals surface area contributed by atoms with E-state index in [2.05, 4.69) is 37.2 Å². The molecule has 9 nitrogen and oxygen atoms in total. The van der Waals surface area contributed by atoms with Crippen molar-refractivity contribution in [1.82, 2.24) is 35.5 Å². The summed E-state index contributed by atoms with van der Waals surface area (Å²) in [5.41, 5.74) is 6.28. The highest BCUT2D eigenvalue weighted by atomic mass is 19.1. The molecule has 37 heavy (non-hydrogen) atoms. The van der Waals surface area contributed by atoms with Gasteiger partial charge in [0.15, 0.2) is 11.5 Å². The molecule has 0 fully saturated rings. The molecule has 3 N–H and O–H groups in total. The van der Waals surface area contributed by atoms with Crippen molar-refractivity contribution in [3.05, 3.63) is 78.1 Å². The quantitative estimate of drug-likeness (QED) is 0.213. The molecule has 0 radical (unpaired) electrons. The third-order valence-corrected chi connectivity index (χ3v) is 5.69. The minimum Gasteiger partial charge on any atom is -0.336 e. The summed E-state index contributed by atoms with van der Waals surface area (Å²) < 4.78 is 13.9. The van der Waals surface area contributed by atoms with Gasteiger partial charge in [-0.15, -0.1) is 0 Å². The van der Waals surface area contributed by atoms with Gasteiger partial charge in [-0.05, 0) is 50.0 Å². The van der Waals surface area contributed by atoms with E-state index in [0.29, 0.717) is 62.7 Å². The van der Waals surface area contributed by atoms with Crippen LogP contribution in [0.3, 0.4) is 0 Å². The largest absolute Gasteiger partial charge is 0.336 e. The Morgan fingerprint density at radius 2 is 1.97 bits per heavy atom. The van der Waals surface area contributed by atoms with Gasteiger partial charge >= 0.3 is 0 Å². The summed E-state index contributed by atoms with van der Waals surface area (Å²) in [5.74, 6) is 0.0570. The summed E-state index contributed by atoms with van der Waals surface area (Å²) in [5, 5.41) is 10.3. The molecule has 0 saturated heterocycles. The number of imidazole rings is 1. The lowest BCUT2D eigenvalue weighted by atomic mass is 10.1. The van der Waals surface area contributed by atoms with Gasteiger partial charge < -0.3 is 10.3 Å². The molecule has 1 amide bonds. The number of aromatic amines is 2. The first-order chi connectivity index (χ1) is 18.0. The maximum absolute atomic E-state index is 13.9. The number of hydrogen-bond acceptors (Lipinski definition) is 6. The number of rotatable bonds is 7. The molecule has 0 spiro atoms. The van der Waals surface area contributed by atoms with Crippen molar-refractivity contribution in [2.45, 2.75) is 20.3 Å². The van der Waals surface area contributed by atoms with Gasteiger partial charge in [-0.3, -0.25) is 19.9 Å². The summed E-state index contributed by atoms with van der Waals surface area (Å²) in [7, 11) is 0. The van der Waals surface area contributed by atoms with Crippen LogP contribution in [0.5, 0.6) is 0 Å². The molecule has 184 valence electrons. The Hall–Kier alpha value is -4.99. The van der Waals surface area contributed by atoms with Gasteiger partial charge in [0.05, 0.1) is 22.4 Å². The van der Waals surface area contributed by atoms with E-state index in [1.165, 1.54) is 12.1 Å². The van der Waals surface area contributed by atoms with E-state index < -0.39 is 0 Å². The van der Waals surface area contributed by atoms with Crippen LogP contribution in [0.4, 0.5) is 4.39 Å². The molecule has 0 atom stereocenters. The lowest BCUT2D eigenvalue weighted by Crippen LogP contribution is -2.19. The van der Waals surface area contributed by atoms with Crippen molar-refractivity contribution in [2.24, 2.45) is 4.99 Å². The molecular formula is C27H23FN8O. The number of halogens is 1.